The molecule has 0 aliphatic heterocycles. The van der Waals surface area contributed by atoms with E-state index in [2.05, 4.69) is 0 Å². The summed E-state index contributed by atoms with van der Waals surface area (Å²) in [5.74, 6) is -1.01. The SMILES string of the molecule is O=C(O)CCN(Cc1ccco1)Cc1ccc(C(=O)O)o1. The average Bonchev–Trinajstić information content (AvgIpc) is 3.07. The summed E-state index contributed by atoms with van der Waals surface area (Å²) in [4.78, 5) is 23.3. The smallest absolute Gasteiger partial charge is 0.371 e. The van der Waals surface area contributed by atoms with Crippen LogP contribution in [0.1, 0.15) is 28.5 Å². The highest BCUT2D eigenvalue weighted by Gasteiger charge is 2.15. The van der Waals surface area contributed by atoms with Gasteiger partial charge in [-0.3, -0.25) is 9.69 Å². The minimum absolute atomic E-state index is 0.0206. The zero-order valence-electron chi connectivity index (χ0n) is 11.2. The van der Waals surface area contributed by atoms with Crippen LogP contribution in [-0.2, 0) is 17.9 Å². The first-order valence-corrected chi connectivity index (χ1v) is 6.33. The van der Waals surface area contributed by atoms with Gasteiger partial charge in [0.2, 0.25) is 5.76 Å². The van der Waals surface area contributed by atoms with Gasteiger partial charge in [-0.2, -0.15) is 0 Å². The Hall–Kier alpha value is -2.54. The van der Waals surface area contributed by atoms with E-state index in [1.165, 1.54) is 6.07 Å². The fraction of sp³-hybridized carbons (Fsp3) is 0.286. The van der Waals surface area contributed by atoms with E-state index in [1.54, 1.807) is 24.5 Å². The van der Waals surface area contributed by atoms with Crippen LogP contribution in [0.4, 0.5) is 0 Å². The zero-order chi connectivity index (χ0) is 15.2. The van der Waals surface area contributed by atoms with Crippen LogP contribution in [-0.4, -0.2) is 33.6 Å². The highest BCUT2D eigenvalue weighted by atomic mass is 16.4. The standard InChI is InChI=1S/C14H15NO6/c16-13(17)5-6-15(8-10-2-1-7-20-10)9-11-3-4-12(21-11)14(18)19/h1-4,7H,5-6,8-9H2,(H,16,17)(H,18,19). The van der Waals surface area contributed by atoms with Crippen molar-refractivity contribution in [3.8, 4) is 0 Å². The van der Waals surface area contributed by atoms with Gasteiger partial charge in [0.25, 0.3) is 0 Å². The first kappa shape index (κ1) is 14.9. The van der Waals surface area contributed by atoms with Crippen molar-refractivity contribution < 1.29 is 28.6 Å². The van der Waals surface area contributed by atoms with Crippen molar-refractivity contribution in [1.82, 2.24) is 4.90 Å². The van der Waals surface area contributed by atoms with Crippen LogP contribution >= 0.6 is 0 Å². The lowest BCUT2D eigenvalue weighted by molar-refractivity contribution is -0.137. The quantitative estimate of drug-likeness (QED) is 0.767. The Balaban J connectivity index is 2.02. The number of hydrogen-bond donors (Lipinski definition) is 2. The minimum atomic E-state index is -1.13. The summed E-state index contributed by atoms with van der Waals surface area (Å²) >= 11 is 0. The number of furan rings is 2. The monoisotopic (exact) mass is 293 g/mol. The normalized spacial score (nSPS) is 10.9. The van der Waals surface area contributed by atoms with E-state index in [9.17, 15) is 9.59 Å². The van der Waals surface area contributed by atoms with Gasteiger partial charge in [-0.15, -0.1) is 0 Å². The first-order chi connectivity index (χ1) is 10.0. The molecule has 2 rings (SSSR count). The van der Waals surface area contributed by atoms with Crippen molar-refractivity contribution in [1.29, 1.82) is 0 Å². The Morgan fingerprint density at radius 3 is 2.43 bits per heavy atom. The maximum Gasteiger partial charge on any atom is 0.371 e. The highest BCUT2D eigenvalue weighted by Crippen LogP contribution is 2.14. The molecule has 0 fully saturated rings. The number of carboxylic acids is 2. The Morgan fingerprint density at radius 2 is 1.86 bits per heavy atom. The van der Waals surface area contributed by atoms with Gasteiger partial charge >= 0.3 is 11.9 Å². The molecule has 0 spiro atoms. The van der Waals surface area contributed by atoms with Gasteiger partial charge in [-0.25, -0.2) is 4.79 Å². The van der Waals surface area contributed by atoms with Crippen LogP contribution in [0.25, 0.3) is 0 Å². The molecule has 0 aliphatic rings. The van der Waals surface area contributed by atoms with Crippen molar-refractivity contribution in [2.24, 2.45) is 0 Å². The van der Waals surface area contributed by atoms with E-state index in [0.29, 0.717) is 31.2 Å². The largest absolute Gasteiger partial charge is 0.481 e. The average molecular weight is 293 g/mol. The van der Waals surface area contributed by atoms with Gasteiger partial charge in [-0.05, 0) is 24.3 Å². The zero-order valence-corrected chi connectivity index (χ0v) is 11.2. The number of nitrogens with zero attached hydrogens (tertiary/aromatic N) is 1. The Kier molecular flexibility index (Phi) is 4.78. The molecule has 0 saturated carbocycles. The van der Waals surface area contributed by atoms with Gasteiger partial charge in [0.05, 0.1) is 25.8 Å². The van der Waals surface area contributed by atoms with Crippen molar-refractivity contribution in [3.63, 3.8) is 0 Å². The molecular weight excluding hydrogens is 278 g/mol. The van der Waals surface area contributed by atoms with Gasteiger partial charge in [0.15, 0.2) is 0 Å². The lowest BCUT2D eigenvalue weighted by Crippen LogP contribution is -2.25. The Labute approximate surface area is 120 Å². The lowest BCUT2D eigenvalue weighted by atomic mass is 10.3. The summed E-state index contributed by atoms with van der Waals surface area (Å²) in [6.45, 7) is 1.03. The molecule has 2 heterocycles. The van der Waals surface area contributed by atoms with Crippen LogP contribution < -0.4 is 0 Å². The van der Waals surface area contributed by atoms with E-state index in [0.717, 1.165) is 0 Å². The third-order valence-corrected chi connectivity index (χ3v) is 2.85. The van der Waals surface area contributed by atoms with Crippen molar-refractivity contribution in [2.45, 2.75) is 19.5 Å². The van der Waals surface area contributed by atoms with Crippen LogP contribution in [0, 0.1) is 0 Å². The van der Waals surface area contributed by atoms with Crippen molar-refractivity contribution in [3.05, 3.63) is 47.8 Å². The molecule has 0 amide bonds. The van der Waals surface area contributed by atoms with Gasteiger partial charge in [-0.1, -0.05) is 0 Å². The fourth-order valence-corrected chi connectivity index (χ4v) is 1.89. The minimum Gasteiger partial charge on any atom is -0.481 e. The molecule has 7 heteroatoms. The van der Waals surface area contributed by atoms with Crippen molar-refractivity contribution in [2.75, 3.05) is 6.54 Å². The predicted molar refractivity (Wildman–Crippen MR) is 70.7 cm³/mol. The molecular formula is C14H15NO6. The number of hydrogen-bond acceptors (Lipinski definition) is 5. The molecule has 112 valence electrons. The second-order valence-electron chi connectivity index (χ2n) is 4.50. The molecule has 0 atom stereocenters. The molecule has 21 heavy (non-hydrogen) atoms. The molecule has 0 aliphatic carbocycles. The molecule has 0 saturated heterocycles. The lowest BCUT2D eigenvalue weighted by Gasteiger charge is -2.18. The van der Waals surface area contributed by atoms with E-state index in [-0.39, 0.29) is 12.2 Å². The van der Waals surface area contributed by atoms with E-state index in [1.807, 2.05) is 4.90 Å². The number of carbonyl (C=O) groups is 2. The van der Waals surface area contributed by atoms with Gasteiger partial charge < -0.3 is 19.0 Å². The molecule has 2 aromatic rings. The molecule has 2 N–H and O–H groups in total. The molecule has 0 unspecified atom stereocenters. The summed E-state index contributed by atoms with van der Waals surface area (Å²) in [6.07, 6.45) is 1.52. The van der Waals surface area contributed by atoms with Crippen LogP contribution in [0.5, 0.6) is 0 Å². The van der Waals surface area contributed by atoms with Crippen LogP contribution in [0.3, 0.4) is 0 Å². The second-order valence-corrected chi connectivity index (χ2v) is 4.50. The summed E-state index contributed by atoms with van der Waals surface area (Å²) in [7, 11) is 0. The third kappa shape index (κ3) is 4.50. The van der Waals surface area contributed by atoms with Gasteiger partial charge in [0.1, 0.15) is 11.5 Å². The number of aromatic carboxylic acids is 1. The first-order valence-electron chi connectivity index (χ1n) is 6.33. The maximum absolute atomic E-state index is 10.8. The van der Waals surface area contributed by atoms with E-state index >= 15 is 0 Å². The summed E-state index contributed by atoms with van der Waals surface area (Å²) < 4.78 is 10.4. The van der Waals surface area contributed by atoms with E-state index in [4.69, 9.17) is 19.0 Å². The molecule has 0 bridgehead atoms. The number of rotatable bonds is 8. The van der Waals surface area contributed by atoms with Crippen LogP contribution in [0.15, 0.2) is 39.4 Å². The van der Waals surface area contributed by atoms with Gasteiger partial charge in [0, 0.05) is 6.54 Å². The molecule has 0 radical (unpaired) electrons. The van der Waals surface area contributed by atoms with Crippen molar-refractivity contribution >= 4 is 11.9 Å². The number of carboxylic acid groups (broad SMARTS) is 2. The highest BCUT2D eigenvalue weighted by molar-refractivity contribution is 5.84. The Bertz CT molecular complexity index is 601. The summed E-state index contributed by atoms with van der Waals surface area (Å²) in [5, 5.41) is 17.6. The van der Waals surface area contributed by atoms with E-state index < -0.39 is 11.9 Å². The molecule has 2 aromatic heterocycles. The maximum atomic E-state index is 10.8. The molecule has 7 nitrogen and oxygen atoms in total. The molecule has 0 aromatic carbocycles. The second kappa shape index (κ2) is 6.76. The topological polar surface area (TPSA) is 104 Å². The Morgan fingerprint density at radius 1 is 1.10 bits per heavy atom. The summed E-state index contributed by atoms with van der Waals surface area (Å²) in [5.41, 5.74) is 0. The fourth-order valence-electron chi connectivity index (χ4n) is 1.89. The summed E-state index contributed by atoms with van der Waals surface area (Å²) in [6, 6.07) is 6.48. The predicted octanol–water partition coefficient (Wildman–Crippen LogP) is 2.05. The van der Waals surface area contributed by atoms with Crippen LogP contribution in [0.2, 0.25) is 0 Å². The third-order valence-electron chi connectivity index (χ3n) is 2.85. The number of aliphatic carboxylic acids is 1.